The summed E-state index contributed by atoms with van der Waals surface area (Å²) < 4.78 is 13.0. The highest BCUT2D eigenvalue weighted by molar-refractivity contribution is 6.32. The van der Waals surface area contributed by atoms with Gasteiger partial charge in [0.25, 0.3) is 0 Å². The van der Waals surface area contributed by atoms with Crippen molar-refractivity contribution in [3.05, 3.63) is 58.6 Å². The quantitative estimate of drug-likeness (QED) is 0.875. The number of nitrogens with one attached hydrogen (secondary N) is 1. The lowest BCUT2D eigenvalue weighted by atomic mass is 10.1. The number of nitrogens with zero attached hydrogens (tertiary/aromatic N) is 1. The lowest BCUT2D eigenvalue weighted by Gasteiger charge is -2.07. The number of hydrogen-bond acceptors (Lipinski definition) is 2. The molecule has 0 unspecified atom stereocenters. The Bertz CT molecular complexity index is 616. The lowest BCUT2D eigenvalue weighted by molar-refractivity contribution is -0.115. The predicted molar refractivity (Wildman–Crippen MR) is 72.7 cm³/mol. The van der Waals surface area contributed by atoms with Gasteiger partial charge in [0.1, 0.15) is 5.82 Å². The Kier molecular flexibility index (Phi) is 4.12. The lowest BCUT2D eigenvalue weighted by Crippen LogP contribution is -2.15. The van der Waals surface area contributed by atoms with Crippen molar-refractivity contribution in [2.24, 2.45) is 0 Å². The molecule has 0 saturated heterocycles. The fourth-order valence-corrected chi connectivity index (χ4v) is 1.82. The number of aromatic nitrogens is 1. The maximum atomic E-state index is 13.0. The maximum Gasteiger partial charge on any atom is 0.228 e. The highest BCUT2D eigenvalue weighted by atomic mass is 35.5. The second kappa shape index (κ2) is 5.80. The fraction of sp³-hybridized carbons (Fsp3) is 0.143. The van der Waals surface area contributed by atoms with Crippen LogP contribution in [0.15, 0.2) is 36.5 Å². The van der Waals surface area contributed by atoms with E-state index in [1.165, 1.54) is 12.1 Å². The number of anilines is 1. The number of pyridine rings is 1. The highest BCUT2D eigenvalue weighted by Gasteiger charge is 2.08. The molecule has 1 aromatic carbocycles. The first-order valence-corrected chi connectivity index (χ1v) is 6.09. The minimum Gasteiger partial charge on any atom is -0.323 e. The Morgan fingerprint density at radius 2 is 2.21 bits per heavy atom. The number of carbonyl (C=O) groups is 1. The van der Waals surface area contributed by atoms with Crippen molar-refractivity contribution in [2.75, 3.05) is 5.32 Å². The first-order chi connectivity index (χ1) is 9.04. The fourth-order valence-electron chi connectivity index (χ4n) is 1.67. The van der Waals surface area contributed by atoms with Gasteiger partial charge in [0.2, 0.25) is 5.91 Å². The summed E-state index contributed by atoms with van der Waals surface area (Å²) in [5, 5.41) is 2.90. The maximum absolute atomic E-state index is 13.0. The van der Waals surface area contributed by atoms with Gasteiger partial charge in [0, 0.05) is 6.20 Å². The Morgan fingerprint density at radius 3 is 2.95 bits per heavy atom. The molecule has 0 atom stereocenters. The number of amides is 1. The molecule has 1 heterocycles. The van der Waals surface area contributed by atoms with E-state index >= 15 is 0 Å². The molecule has 0 saturated carbocycles. The molecule has 2 rings (SSSR count). The topological polar surface area (TPSA) is 42.0 Å². The summed E-state index contributed by atoms with van der Waals surface area (Å²) in [4.78, 5) is 15.8. The van der Waals surface area contributed by atoms with Crippen molar-refractivity contribution in [2.45, 2.75) is 13.3 Å². The van der Waals surface area contributed by atoms with Crippen molar-refractivity contribution in [1.29, 1.82) is 0 Å². The molecule has 2 aromatic rings. The predicted octanol–water partition coefficient (Wildman–Crippen LogP) is 3.36. The molecular formula is C14H12ClFN2O. The van der Waals surface area contributed by atoms with Gasteiger partial charge in [-0.2, -0.15) is 0 Å². The third-order valence-electron chi connectivity index (χ3n) is 2.50. The normalized spacial score (nSPS) is 10.3. The third-order valence-corrected chi connectivity index (χ3v) is 2.80. The molecule has 1 N–H and O–H groups in total. The first kappa shape index (κ1) is 13.5. The monoisotopic (exact) mass is 278 g/mol. The summed E-state index contributed by atoms with van der Waals surface area (Å²) in [6, 6.07) is 7.66. The molecule has 0 aliphatic carbocycles. The average molecular weight is 279 g/mol. The zero-order chi connectivity index (χ0) is 13.8. The van der Waals surface area contributed by atoms with Crippen molar-refractivity contribution < 1.29 is 9.18 Å². The highest BCUT2D eigenvalue weighted by Crippen LogP contribution is 2.20. The molecule has 0 aliphatic heterocycles. The molecule has 1 aromatic heterocycles. The first-order valence-electron chi connectivity index (χ1n) is 5.71. The van der Waals surface area contributed by atoms with Crippen LogP contribution in [0, 0.1) is 12.7 Å². The van der Waals surface area contributed by atoms with Gasteiger partial charge in [-0.3, -0.25) is 4.79 Å². The summed E-state index contributed by atoms with van der Waals surface area (Å²) in [6.45, 7) is 1.85. The van der Waals surface area contributed by atoms with E-state index in [1.54, 1.807) is 24.4 Å². The van der Waals surface area contributed by atoms with Crippen LogP contribution in [0.1, 0.15) is 11.1 Å². The number of aryl methyl sites for hydroxylation is 1. The van der Waals surface area contributed by atoms with E-state index in [-0.39, 0.29) is 23.3 Å². The Morgan fingerprint density at radius 1 is 1.42 bits per heavy atom. The summed E-state index contributed by atoms with van der Waals surface area (Å²) in [5.41, 5.74) is 1.96. The molecule has 0 fully saturated rings. The second-order valence-corrected chi connectivity index (χ2v) is 4.56. The SMILES string of the molecule is Cc1cnc(Cl)c(NC(=O)Cc2cccc(F)c2)c1. The van der Waals surface area contributed by atoms with E-state index in [2.05, 4.69) is 10.3 Å². The zero-order valence-corrected chi connectivity index (χ0v) is 11.0. The van der Waals surface area contributed by atoms with Crippen LogP contribution >= 0.6 is 11.6 Å². The molecule has 0 bridgehead atoms. The number of benzene rings is 1. The summed E-state index contributed by atoms with van der Waals surface area (Å²) in [6.07, 6.45) is 1.70. The van der Waals surface area contributed by atoms with Gasteiger partial charge in [-0.15, -0.1) is 0 Å². The van der Waals surface area contributed by atoms with Gasteiger partial charge >= 0.3 is 0 Å². The van der Waals surface area contributed by atoms with Crippen LogP contribution in [-0.4, -0.2) is 10.9 Å². The standard InChI is InChI=1S/C14H12ClFN2O/c1-9-5-12(14(15)17-8-9)18-13(19)7-10-3-2-4-11(16)6-10/h2-6,8H,7H2,1H3,(H,18,19). The number of hydrogen-bond donors (Lipinski definition) is 1. The van der Waals surface area contributed by atoms with Gasteiger partial charge in [-0.25, -0.2) is 9.37 Å². The van der Waals surface area contributed by atoms with Gasteiger partial charge in [0.15, 0.2) is 5.15 Å². The van der Waals surface area contributed by atoms with Gasteiger partial charge in [0.05, 0.1) is 12.1 Å². The van der Waals surface area contributed by atoms with Crippen molar-refractivity contribution >= 4 is 23.2 Å². The van der Waals surface area contributed by atoms with E-state index in [1.807, 2.05) is 6.92 Å². The minimum atomic E-state index is -0.361. The Labute approximate surface area is 115 Å². The summed E-state index contributed by atoms with van der Waals surface area (Å²) in [7, 11) is 0. The second-order valence-electron chi connectivity index (χ2n) is 4.21. The van der Waals surface area contributed by atoms with Gasteiger partial charge in [-0.05, 0) is 36.2 Å². The van der Waals surface area contributed by atoms with E-state index in [0.717, 1.165) is 5.56 Å². The molecule has 5 heteroatoms. The Balaban J connectivity index is 2.07. The van der Waals surface area contributed by atoms with E-state index in [0.29, 0.717) is 11.3 Å². The summed E-state index contributed by atoms with van der Waals surface area (Å²) in [5.74, 6) is -0.625. The van der Waals surface area contributed by atoms with Crippen molar-refractivity contribution in [1.82, 2.24) is 4.98 Å². The Hall–Kier alpha value is -1.94. The largest absolute Gasteiger partial charge is 0.323 e. The van der Waals surface area contributed by atoms with Crippen LogP contribution in [0.3, 0.4) is 0 Å². The summed E-state index contributed by atoms with van der Waals surface area (Å²) >= 11 is 5.88. The molecule has 1 amide bonds. The van der Waals surface area contributed by atoms with Crippen molar-refractivity contribution in [3.63, 3.8) is 0 Å². The molecule has 98 valence electrons. The van der Waals surface area contributed by atoms with Crippen LogP contribution in [-0.2, 0) is 11.2 Å². The van der Waals surface area contributed by atoms with Crippen LogP contribution < -0.4 is 5.32 Å². The van der Waals surface area contributed by atoms with E-state index in [4.69, 9.17) is 11.6 Å². The number of carbonyl (C=O) groups excluding carboxylic acids is 1. The smallest absolute Gasteiger partial charge is 0.228 e. The third kappa shape index (κ3) is 3.76. The van der Waals surface area contributed by atoms with E-state index < -0.39 is 0 Å². The van der Waals surface area contributed by atoms with Crippen LogP contribution in [0.2, 0.25) is 5.15 Å². The number of halogens is 2. The van der Waals surface area contributed by atoms with Crippen LogP contribution in [0.5, 0.6) is 0 Å². The average Bonchev–Trinajstić information content (AvgIpc) is 2.34. The van der Waals surface area contributed by atoms with E-state index in [9.17, 15) is 9.18 Å². The van der Waals surface area contributed by atoms with Crippen LogP contribution in [0.4, 0.5) is 10.1 Å². The molecule has 0 radical (unpaired) electrons. The molecular weight excluding hydrogens is 267 g/mol. The molecule has 0 spiro atoms. The van der Waals surface area contributed by atoms with Crippen LogP contribution in [0.25, 0.3) is 0 Å². The molecule has 0 aliphatic rings. The minimum absolute atomic E-state index is 0.0853. The molecule has 3 nitrogen and oxygen atoms in total. The van der Waals surface area contributed by atoms with Gasteiger partial charge in [-0.1, -0.05) is 23.7 Å². The zero-order valence-electron chi connectivity index (χ0n) is 10.3. The van der Waals surface area contributed by atoms with Gasteiger partial charge < -0.3 is 5.32 Å². The molecule has 19 heavy (non-hydrogen) atoms. The number of rotatable bonds is 3. The van der Waals surface area contributed by atoms with Crippen molar-refractivity contribution in [3.8, 4) is 0 Å².